The number of hydrogen-bond donors (Lipinski definition) is 1. The number of ether oxygens (including phenoxy) is 1. The van der Waals surface area contributed by atoms with Crippen LogP contribution in [0, 0.1) is 6.92 Å². The molecule has 1 unspecified atom stereocenters. The van der Waals surface area contributed by atoms with E-state index in [4.69, 9.17) is 9.26 Å². The number of nitrogens with one attached hydrogen (secondary N) is 1. The van der Waals surface area contributed by atoms with E-state index in [0.717, 1.165) is 25.4 Å². The van der Waals surface area contributed by atoms with Crippen LogP contribution < -0.4 is 5.32 Å². The molecule has 1 saturated heterocycles. The molecule has 2 aromatic rings. The molecule has 0 aliphatic carbocycles. The summed E-state index contributed by atoms with van der Waals surface area (Å²) < 4.78 is 12.8. The van der Waals surface area contributed by atoms with Gasteiger partial charge >= 0.3 is 0 Å². The molecule has 3 rings (SSSR count). The fraction of sp³-hybridized carbons (Fsp3) is 0.545. The van der Waals surface area contributed by atoms with Crippen molar-refractivity contribution in [1.82, 2.24) is 25.0 Å². The van der Waals surface area contributed by atoms with Crippen LogP contribution in [0.1, 0.15) is 23.5 Å². The van der Waals surface area contributed by atoms with Crippen LogP contribution >= 0.6 is 0 Å². The fourth-order valence-electron chi connectivity index (χ4n) is 2.04. The van der Waals surface area contributed by atoms with E-state index in [-0.39, 0.29) is 6.10 Å². The number of morpholine rings is 1. The molecular formula is C11H15N5O2. The molecule has 0 radical (unpaired) electrons. The zero-order chi connectivity index (χ0) is 12.4. The number of rotatable bonds is 3. The topological polar surface area (TPSA) is 78.0 Å². The summed E-state index contributed by atoms with van der Waals surface area (Å²) in [6, 6.07) is 0. The Morgan fingerprint density at radius 1 is 1.56 bits per heavy atom. The largest absolute Gasteiger partial charge is 0.369 e. The van der Waals surface area contributed by atoms with E-state index in [0.29, 0.717) is 18.3 Å². The van der Waals surface area contributed by atoms with Gasteiger partial charge in [0.25, 0.3) is 0 Å². The van der Waals surface area contributed by atoms with Crippen molar-refractivity contribution >= 4 is 0 Å². The van der Waals surface area contributed by atoms with Gasteiger partial charge in [0.05, 0.1) is 24.8 Å². The van der Waals surface area contributed by atoms with Crippen LogP contribution in [0.2, 0.25) is 0 Å². The molecule has 1 atom stereocenters. The molecule has 1 aliphatic heterocycles. The second-order valence-electron chi connectivity index (χ2n) is 4.25. The van der Waals surface area contributed by atoms with Gasteiger partial charge in [-0.3, -0.25) is 0 Å². The van der Waals surface area contributed by atoms with Gasteiger partial charge in [0.15, 0.2) is 5.82 Å². The molecule has 1 fully saturated rings. The summed E-state index contributed by atoms with van der Waals surface area (Å²) in [6.45, 7) is 4.74. The fourth-order valence-corrected chi connectivity index (χ4v) is 2.04. The smallest absolute Gasteiger partial charge is 0.246 e. The Kier molecular flexibility index (Phi) is 3.07. The van der Waals surface area contributed by atoms with E-state index in [9.17, 15) is 0 Å². The normalized spacial score (nSPS) is 20.2. The van der Waals surface area contributed by atoms with E-state index in [1.54, 1.807) is 13.3 Å². The first-order valence-electron chi connectivity index (χ1n) is 5.94. The van der Waals surface area contributed by atoms with Gasteiger partial charge in [0, 0.05) is 13.1 Å². The highest BCUT2D eigenvalue weighted by molar-refractivity contribution is 5.06. The molecule has 0 amide bonds. The van der Waals surface area contributed by atoms with Crippen LogP contribution in [0.25, 0.3) is 0 Å². The standard InChI is InChI=1S/C11H15N5O2/c1-8-14-11(18-15-8)6-16-7-13-4-9(16)10-5-12-2-3-17-10/h4,7,10,12H,2-3,5-6H2,1H3. The van der Waals surface area contributed by atoms with Crippen molar-refractivity contribution in [3.8, 4) is 0 Å². The third-order valence-electron chi connectivity index (χ3n) is 2.88. The summed E-state index contributed by atoms with van der Waals surface area (Å²) in [7, 11) is 0. The lowest BCUT2D eigenvalue weighted by Gasteiger charge is -2.24. The highest BCUT2D eigenvalue weighted by Crippen LogP contribution is 2.19. The van der Waals surface area contributed by atoms with Gasteiger partial charge in [0.2, 0.25) is 5.89 Å². The van der Waals surface area contributed by atoms with Crippen molar-refractivity contribution in [2.45, 2.75) is 19.6 Å². The molecule has 0 bridgehead atoms. The number of hydrogen-bond acceptors (Lipinski definition) is 6. The van der Waals surface area contributed by atoms with Crippen LogP contribution in [-0.2, 0) is 11.3 Å². The minimum Gasteiger partial charge on any atom is -0.369 e. The lowest BCUT2D eigenvalue weighted by Crippen LogP contribution is -2.34. The number of aryl methyl sites for hydroxylation is 1. The number of imidazole rings is 1. The highest BCUT2D eigenvalue weighted by atomic mass is 16.5. The van der Waals surface area contributed by atoms with Crippen LogP contribution in [0.15, 0.2) is 17.0 Å². The van der Waals surface area contributed by atoms with Crippen LogP contribution in [0.5, 0.6) is 0 Å². The molecule has 0 saturated carbocycles. The van der Waals surface area contributed by atoms with Crippen molar-refractivity contribution in [3.05, 3.63) is 29.9 Å². The van der Waals surface area contributed by atoms with Crippen LogP contribution in [0.3, 0.4) is 0 Å². The number of aromatic nitrogens is 4. The Bertz CT molecular complexity index is 515. The van der Waals surface area contributed by atoms with E-state index >= 15 is 0 Å². The van der Waals surface area contributed by atoms with Crippen LogP contribution in [0.4, 0.5) is 0 Å². The second-order valence-corrected chi connectivity index (χ2v) is 4.25. The van der Waals surface area contributed by atoms with Crippen molar-refractivity contribution < 1.29 is 9.26 Å². The molecule has 96 valence electrons. The second kappa shape index (κ2) is 4.87. The minimum atomic E-state index is 0.0327. The quantitative estimate of drug-likeness (QED) is 0.842. The first kappa shape index (κ1) is 11.4. The molecule has 0 spiro atoms. The lowest BCUT2D eigenvalue weighted by molar-refractivity contribution is 0.0228. The third kappa shape index (κ3) is 2.27. The van der Waals surface area contributed by atoms with Gasteiger partial charge in [-0.15, -0.1) is 0 Å². The maximum Gasteiger partial charge on any atom is 0.246 e. The Morgan fingerprint density at radius 2 is 2.50 bits per heavy atom. The summed E-state index contributed by atoms with van der Waals surface area (Å²) in [4.78, 5) is 8.35. The van der Waals surface area contributed by atoms with E-state index in [1.807, 2.05) is 10.8 Å². The SMILES string of the molecule is Cc1noc(Cn2cncc2C2CNCCO2)n1. The maximum atomic E-state index is 5.72. The summed E-state index contributed by atoms with van der Waals surface area (Å²) in [6.07, 6.45) is 3.61. The van der Waals surface area contributed by atoms with E-state index < -0.39 is 0 Å². The maximum absolute atomic E-state index is 5.72. The average Bonchev–Trinajstić information content (AvgIpc) is 3.00. The molecule has 2 aromatic heterocycles. The Balaban J connectivity index is 1.78. The molecular weight excluding hydrogens is 234 g/mol. The van der Waals surface area contributed by atoms with Gasteiger partial charge < -0.3 is 19.1 Å². The summed E-state index contributed by atoms with van der Waals surface area (Å²) in [5, 5.41) is 7.08. The molecule has 3 heterocycles. The van der Waals surface area contributed by atoms with Gasteiger partial charge in [-0.1, -0.05) is 5.16 Å². The molecule has 1 N–H and O–H groups in total. The van der Waals surface area contributed by atoms with E-state index in [1.165, 1.54) is 0 Å². The molecule has 0 aromatic carbocycles. The Labute approximate surface area is 104 Å². The van der Waals surface area contributed by atoms with Gasteiger partial charge in [-0.05, 0) is 6.92 Å². The van der Waals surface area contributed by atoms with Crippen molar-refractivity contribution in [3.63, 3.8) is 0 Å². The van der Waals surface area contributed by atoms with Crippen molar-refractivity contribution in [2.24, 2.45) is 0 Å². The van der Waals surface area contributed by atoms with Gasteiger partial charge in [-0.2, -0.15) is 4.98 Å². The minimum absolute atomic E-state index is 0.0327. The zero-order valence-electron chi connectivity index (χ0n) is 10.2. The van der Waals surface area contributed by atoms with Gasteiger partial charge in [0.1, 0.15) is 12.6 Å². The Morgan fingerprint density at radius 3 is 3.22 bits per heavy atom. The third-order valence-corrected chi connectivity index (χ3v) is 2.88. The molecule has 18 heavy (non-hydrogen) atoms. The molecule has 1 aliphatic rings. The summed E-state index contributed by atoms with van der Waals surface area (Å²) in [5.41, 5.74) is 1.03. The molecule has 7 nitrogen and oxygen atoms in total. The van der Waals surface area contributed by atoms with E-state index in [2.05, 4.69) is 20.4 Å². The van der Waals surface area contributed by atoms with Crippen molar-refractivity contribution in [1.29, 1.82) is 0 Å². The highest BCUT2D eigenvalue weighted by Gasteiger charge is 2.20. The first-order valence-corrected chi connectivity index (χ1v) is 5.94. The first-order chi connectivity index (χ1) is 8.83. The predicted octanol–water partition coefficient (Wildman–Crippen LogP) is 0.284. The van der Waals surface area contributed by atoms with Gasteiger partial charge in [-0.25, -0.2) is 4.98 Å². The van der Waals surface area contributed by atoms with Crippen LogP contribution in [-0.4, -0.2) is 39.4 Å². The lowest BCUT2D eigenvalue weighted by atomic mass is 10.2. The average molecular weight is 249 g/mol. The number of nitrogens with zero attached hydrogens (tertiary/aromatic N) is 4. The molecule has 7 heteroatoms. The van der Waals surface area contributed by atoms with Crippen molar-refractivity contribution in [2.75, 3.05) is 19.7 Å². The Hall–Kier alpha value is -1.73. The summed E-state index contributed by atoms with van der Waals surface area (Å²) >= 11 is 0. The summed E-state index contributed by atoms with van der Waals surface area (Å²) in [5.74, 6) is 1.22. The zero-order valence-corrected chi connectivity index (χ0v) is 10.2. The predicted molar refractivity (Wildman–Crippen MR) is 61.9 cm³/mol. The monoisotopic (exact) mass is 249 g/mol.